The fourth-order valence-electron chi connectivity index (χ4n) is 2.23. The van der Waals surface area contributed by atoms with Gasteiger partial charge in [0, 0.05) is 19.5 Å². The number of aliphatic hydroxyl groups excluding tert-OH is 1. The molecule has 1 aromatic heterocycles. The highest BCUT2D eigenvalue weighted by Gasteiger charge is 2.22. The predicted molar refractivity (Wildman–Crippen MR) is 68.0 cm³/mol. The SMILES string of the molecule is CNc1cncc(NCC2CCCCC2O)n1. The maximum Gasteiger partial charge on any atom is 0.146 e. The highest BCUT2D eigenvalue weighted by atomic mass is 16.3. The molecule has 3 N–H and O–H groups in total. The summed E-state index contributed by atoms with van der Waals surface area (Å²) in [6.45, 7) is 0.767. The van der Waals surface area contributed by atoms with Crippen molar-refractivity contribution < 1.29 is 5.11 Å². The van der Waals surface area contributed by atoms with Gasteiger partial charge in [-0.05, 0) is 12.8 Å². The number of anilines is 2. The molecule has 5 heteroatoms. The van der Waals surface area contributed by atoms with Crippen LogP contribution in [0.5, 0.6) is 0 Å². The molecule has 2 unspecified atom stereocenters. The molecule has 0 aliphatic heterocycles. The molecular formula is C12H20N4O. The second-order valence-electron chi connectivity index (χ2n) is 4.53. The zero-order chi connectivity index (χ0) is 12.1. The third kappa shape index (κ3) is 3.30. The Kier molecular flexibility index (Phi) is 4.14. The number of rotatable bonds is 4. The molecule has 0 aromatic carbocycles. The third-order valence-corrected chi connectivity index (χ3v) is 3.31. The Morgan fingerprint density at radius 3 is 2.82 bits per heavy atom. The minimum absolute atomic E-state index is 0.170. The van der Waals surface area contributed by atoms with E-state index in [1.54, 1.807) is 12.4 Å². The van der Waals surface area contributed by atoms with Gasteiger partial charge in [-0.15, -0.1) is 0 Å². The zero-order valence-electron chi connectivity index (χ0n) is 10.2. The number of aromatic nitrogens is 2. The summed E-state index contributed by atoms with van der Waals surface area (Å²) in [6, 6.07) is 0. The van der Waals surface area contributed by atoms with E-state index in [1.807, 2.05) is 7.05 Å². The minimum Gasteiger partial charge on any atom is -0.393 e. The van der Waals surface area contributed by atoms with Crippen molar-refractivity contribution in [2.24, 2.45) is 5.92 Å². The number of hydrogen-bond acceptors (Lipinski definition) is 5. The quantitative estimate of drug-likeness (QED) is 0.738. The summed E-state index contributed by atoms with van der Waals surface area (Å²) in [5.41, 5.74) is 0. The lowest BCUT2D eigenvalue weighted by atomic mass is 9.86. The van der Waals surface area contributed by atoms with Crippen LogP contribution >= 0.6 is 0 Å². The van der Waals surface area contributed by atoms with Gasteiger partial charge in [0.05, 0.1) is 18.5 Å². The molecule has 0 spiro atoms. The van der Waals surface area contributed by atoms with Crippen LogP contribution in [-0.2, 0) is 0 Å². The normalized spacial score (nSPS) is 24.4. The molecule has 2 atom stereocenters. The predicted octanol–water partition coefficient (Wildman–Crippen LogP) is 1.48. The summed E-state index contributed by atoms with van der Waals surface area (Å²) in [5.74, 6) is 1.85. The van der Waals surface area contributed by atoms with Crippen LogP contribution in [0.2, 0.25) is 0 Å². The summed E-state index contributed by atoms with van der Waals surface area (Å²) in [6.07, 6.45) is 7.59. The number of aliphatic hydroxyl groups is 1. The van der Waals surface area contributed by atoms with Gasteiger partial charge >= 0.3 is 0 Å². The fraction of sp³-hybridized carbons (Fsp3) is 0.667. The third-order valence-electron chi connectivity index (χ3n) is 3.31. The van der Waals surface area contributed by atoms with Crippen molar-refractivity contribution in [2.45, 2.75) is 31.8 Å². The molecule has 1 heterocycles. The van der Waals surface area contributed by atoms with Crippen molar-refractivity contribution in [2.75, 3.05) is 24.2 Å². The lowest BCUT2D eigenvalue weighted by molar-refractivity contribution is 0.0763. The maximum atomic E-state index is 9.86. The summed E-state index contributed by atoms with van der Waals surface area (Å²) in [4.78, 5) is 8.42. The van der Waals surface area contributed by atoms with Gasteiger partial charge in [-0.25, -0.2) is 4.98 Å². The molecule has 0 saturated heterocycles. The number of nitrogens with one attached hydrogen (secondary N) is 2. The van der Waals surface area contributed by atoms with Crippen LogP contribution < -0.4 is 10.6 Å². The number of hydrogen-bond donors (Lipinski definition) is 3. The lowest BCUT2D eigenvalue weighted by Crippen LogP contribution is -2.30. The van der Waals surface area contributed by atoms with E-state index in [1.165, 1.54) is 6.42 Å². The van der Waals surface area contributed by atoms with Gasteiger partial charge < -0.3 is 15.7 Å². The molecule has 1 aromatic rings. The van der Waals surface area contributed by atoms with E-state index < -0.39 is 0 Å². The molecule has 94 valence electrons. The van der Waals surface area contributed by atoms with Crippen LogP contribution in [-0.4, -0.2) is 34.8 Å². The van der Waals surface area contributed by atoms with Crippen molar-refractivity contribution in [3.63, 3.8) is 0 Å². The van der Waals surface area contributed by atoms with E-state index in [0.717, 1.165) is 37.4 Å². The Hall–Kier alpha value is -1.36. The van der Waals surface area contributed by atoms with E-state index >= 15 is 0 Å². The zero-order valence-corrected chi connectivity index (χ0v) is 10.2. The molecule has 5 nitrogen and oxygen atoms in total. The Morgan fingerprint density at radius 1 is 1.29 bits per heavy atom. The van der Waals surface area contributed by atoms with Crippen molar-refractivity contribution in [1.82, 2.24) is 9.97 Å². The van der Waals surface area contributed by atoms with Crippen LogP contribution in [0.1, 0.15) is 25.7 Å². The monoisotopic (exact) mass is 236 g/mol. The average molecular weight is 236 g/mol. The van der Waals surface area contributed by atoms with Gasteiger partial charge in [0.15, 0.2) is 0 Å². The Morgan fingerprint density at radius 2 is 2.06 bits per heavy atom. The van der Waals surface area contributed by atoms with Crippen LogP contribution in [0.3, 0.4) is 0 Å². The fourth-order valence-corrected chi connectivity index (χ4v) is 2.23. The topological polar surface area (TPSA) is 70.1 Å². The molecule has 1 saturated carbocycles. The first-order valence-corrected chi connectivity index (χ1v) is 6.21. The second kappa shape index (κ2) is 5.82. The number of nitrogens with zero attached hydrogens (tertiary/aromatic N) is 2. The largest absolute Gasteiger partial charge is 0.393 e. The van der Waals surface area contributed by atoms with E-state index in [0.29, 0.717) is 5.92 Å². The molecule has 17 heavy (non-hydrogen) atoms. The van der Waals surface area contributed by atoms with Crippen LogP contribution in [0.25, 0.3) is 0 Å². The first kappa shape index (κ1) is 12.1. The first-order valence-electron chi connectivity index (χ1n) is 6.21. The van der Waals surface area contributed by atoms with E-state index in [4.69, 9.17) is 0 Å². The minimum atomic E-state index is -0.170. The van der Waals surface area contributed by atoms with Gasteiger partial charge in [0.1, 0.15) is 11.6 Å². The summed E-state index contributed by atoms with van der Waals surface area (Å²) < 4.78 is 0. The standard InChI is InChI=1S/C12H20N4O/c1-13-11-7-14-8-12(16-11)15-6-9-4-2-3-5-10(9)17/h7-10,17H,2-6H2,1H3,(H2,13,15,16). The summed E-state index contributed by atoms with van der Waals surface area (Å²) in [7, 11) is 1.82. The Labute approximate surface area is 102 Å². The molecule has 0 radical (unpaired) electrons. The second-order valence-corrected chi connectivity index (χ2v) is 4.53. The first-order chi connectivity index (χ1) is 8.29. The van der Waals surface area contributed by atoms with Gasteiger partial charge in [-0.1, -0.05) is 12.8 Å². The highest BCUT2D eigenvalue weighted by Crippen LogP contribution is 2.24. The van der Waals surface area contributed by atoms with E-state index in [-0.39, 0.29) is 6.10 Å². The molecule has 1 aliphatic rings. The van der Waals surface area contributed by atoms with Crippen LogP contribution in [0.15, 0.2) is 12.4 Å². The van der Waals surface area contributed by atoms with Gasteiger partial charge in [-0.3, -0.25) is 4.98 Å². The highest BCUT2D eigenvalue weighted by molar-refractivity contribution is 5.40. The molecule has 0 bridgehead atoms. The average Bonchev–Trinajstić information content (AvgIpc) is 2.38. The van der Waals surface area contributed by atoms with Crippen molar-refractivity contribution in [3.8, 4) is 0 Å². The lowest BCUT2D eigenvalue weighted by Gasteiger charge is -2.27. The van der Waals surface area contributed by atoms with Gasteiger partial charge in [0.2, 0.25) is 0 Å². The smallest absolute Gasteiger partial charge is 0.146 e. The summed E-state index contributed by atoms with van der Waals surface area (Å²) in [5, 5.41) is 16.1. The van der Waals surface area contributed by atoms with Crippen molar-refractivity contribution in [1.29, 1.82) is 0 Å². The summed E-state index contributed by atoms with van der Waals surface area (Å²) >= 11 is 0. The Balaban J connectivity index is 1.88. The molecular weight excluding hydrogens is 216 g/mol. The van der Waals surface area contributed by atoms with Crippen LogP contribution in [0.4, 0.5) is 11.6 Å². The van der Waals surface area contributed by atoms with Crippen molar-refractivity contribution >= 4 is 11.6 Å². The van der Waals surface area contributed by atoms with E-state index in [9.17, 15) is 5.11 Å². The van der Waals surface area contributed by atoms with Crippen molar-refractivity contribution in [3.05, 3.63) is 12.4 Å². The van der Waals surface area contributed by atoms with Gasteiger partial charge in [-0.2, -0.15) is 0 Å². The molecule has 2 rings (SSSR count). The van der Waals surface area contributed by atoms with Gasteiger partial charge in [0.25, 0.3) is 0 Å². The molecule has 1 aliphatic carbocycles. The maximum absolute atomic E-state index is 9.86. The Bertz CT molecular complexity index is 358. The van der Waals surface area contributed by atoms with Crippen LogP contribution in [0, 0.1) is 5.92 Å². The molecule has 0 amide bonds. The van der Waals surface area contributed by atoms with E-state index in [2.05, 4.69) is 20.6 Å². The molecule has 1 fully saturated rings.